The Labute approximate surface area is 110 Å². The summed E-state index contributed by atoms with van der Waals surface area (Å²) in [5.41, 5.74) is 1.32. The van der Waals surface area contributed by atoms with Crippen molar-refractivity contribution in [3.05, 3.63) is 36.5 Å². The third-order valence-corrected chi connectivity index (χ3v) is 2.51. The van der Waals surface area contributed by atoms with Crippen molar-refractivity contribution in [1.29, 1.82) is 0 Å². The Morgan fingerprint density at radius 2 is 1.53 bits per heavy atom. The molecule has 0 rings (SSSR count). The Kier molecular flexibility index (Phi) is 19.2. The van der Waals surface area contributed by atoms with Crippen LogP contribution in [0.3, 0.4) is 0 Å². The van der Waals surface area contributed by atoms with Gasteiger partial charge in [0.2, 0.25) is 0 Å². The van der Waals surface area contributed by atoms with Crippen LogP contribution in [0.25, 0.3) is 0 Å². The van der Waals surface area contributed by atoms with Gasteiger partial charge in [0.25, 0.3) is 0 Å². The quantitative estimate of drug-likeness (QED) is 0.335. The van der Waals surface area contributed by atoms with E-state index in [1.807, 2.05) is 25.2 Å². The van der Waals surface area contributed by atoms with Gasteiger partial charge in [0, 0.05) is 0 Å². The lowest BCUT2D eigenvalue weighted by Crippen LogP contribution is -1.74. The minimum atomic E-state index is 1.13. The van der Waals surface area contributed by atoms with Gasteiger partial charge >= 0.3 is 0 Å². The first-order valence-electron chi connectivity index (χ1n) is 7.20. The number of allylic oxidation sites excluding steroid dienone is 5. The largest absolute Gasteiger partial charge is 0.0988 e. The Balaban J connectivity index is 0. The van der Waals surface area contributed by atoms with E-state index in [2.05, 4.69) is 33.4 Å². The van der Waals surface area contributed by atoms with Crippen LogP contribution in [0.5, 0.6) is 0 Å². The van der Waals surface area contributed by atoms with Gasteiger partial charge < -0.3 is 0 Å². The highest BCUT2D eigenvalue weighted by atomic mass is 13.9. The van der Waals surface area contributed by atoms with E-state index in [1.54, 1.807) is 0 Å². The molecule has 0 aromatic rings. The Morgan fingerprint density at radius 1 is 0.941 bits per heavy atom. The molecule has 0 aromatic carbocycles. The summed E-state index contributed by atoms with van der Waals surface area (Å²) in [4.78, 5) is 0. The van der Waals surface area contributed by atoms with Gasteiger partial charge in [0.15, 0.2) is 0 Å². The smallest absolute Gasteiger partial charge is 0.0282 e. The van der Waals surface area contributed by atoms with Crippen molar-refractivity contribution in [3.8, 4) is 0 Å². The minimum Gasteiger partial charge on any atom is -0.0988 e. The van der Waals surface area contributed by atoms with Crippen molar-refractivity contribution in [2.45, 2.75) is 72.6 Å². The zero-order valence-corrected chi connectivity index (χ0v) is 12.5. The van der Waals surface area contributed by atoms with Gasteiger partial charge in [-0.1, -0.05) is 90.2 Å². The van der Waals surface area contributed by atoms with E-state index in [1.165, 1.54) is 44.1 Å². The average Bonchev–Trinajstić information content (AvgIpc) is 2.36. The standard InChI is InChI=1S/C10H16.C7H16/c1-4-7-9-10(6-3)8-5-2;1-3-5-7-6-4-2/h4,6-7,9H,3,5,8H2,1-2H3;3-7H2,1-2H3/b7-4-,10-9+;. The van der Waals surface area contributed by atoms with Gasteiger partial charge in [0.1, 0.15) is 0 Å². The first-order chi connectivity index (χ1) is 8.26. The van der Waals surface area contributed by atoms with Crippen molar-refractivity contribution in [2.75, 3.05) is 0 Å². The molecule has 0 aromatic heterocycles. The maximum atomic E-state index is 3.73. The van der Waals surface area contributed by atoms with Crippen molar-refractivity contribution in [3.63, 3.8) is 0 Å². The van der Waals surface area contributed by atoms with E-state index in [0.29, 0.717) is 0 Å². The summed E-state index contributed by atoms with van der Waals surface area (Å²) in [5.74, 6) is 0. The molecule has 0 saturated carbocycles. The second kappa shape index (κ2) is 17.6. The van der Waals surface area contributed by atoms with E-state index in [4.69, 9.17) is 0 Å². The number of hydrogen-bond acceptors (Lipinski definition) is 0. The lowest BCUT2D eigenvalue weighted by molar-refractivity contribution is 0.656. The molecule has 0 amide bonds. The van der Waals surface area contributed by atoms with E-state index >= 15 is 0 Å². The zero-order valence-electron chi connectivity index (χ0n) is 12.5. The zero-order chi connectivity index (χ0) is 13.4. The molecule has 0 heterocycles. The highest BCUT2D eigenvalue weighted by Crippen LogP contribution is 2.05. The molecule has 0 aliphatic carbocycles. The van der Waals surface area contributed by atoms with Crippen molar-refractivity contribution in [1.82, 2.24) is 0 Å². The lowest BCUT2D eigenvalue weighted by Gasteiger charge is -1.94. The SMILES string of the molecule is C=C/C(=C\C=C/C)CCC.CCCCCCC. The summed E-state index contributed by atoms with van der Waals surface area (Å²) in [6.07, 6.45) is 17.4. The first-order valence-corrected chi connectivity index (χ1v) is 7.20. The third kappa shape index (κ3) is 17.8. The van der Waals surface area contributed by atoms with Crippen LogP contribution >= 0.6 is 0 Å². The topological polar surface area (TPSA) is 0 Å². The molecular formula is C17H32. The van der Waals surface area contributed by atoms with Crippen LogP contribution in [0.4, 0.5) is 0 Å². The third-order valence-electron chi connectivity index (χ3n) is 2.51. The van der Waals surface area contributed by atoms with Gasteiger partial charge in [-0.05, 0) is 18.9 Å². The lowest BCUT2D eigenvalue weighted by atomic mass is 10.1. The maximum absolute atomic E-state index is 3.73. The summed E-state index contributed by atoms with van der Waals surface area (Å²) in [6.45, 7) is 12.4. The second-order valence-corrected chi connectivity index (χ2v) is 4.28. The van der Waals surface area contributed by atoms with Crippen LogP contribution in [-0.4, -0.2) is 0 Å². The van der Waals surface area contributed by atoms with E-state index < -0.39 is 0 Å². The molecule has 0 radical (unpaired) electrons. The van der Waals surface area contributed by atoms with Gasteiger partial charge in [-0.15, -0.1) is 0 Å². The van der Waals surface area contributed by atoms with Crippen LogP contribution in [-0.2, 0) is 0 Å². The Bertz CT molecular complexity index is 192. The molecule has 100 valence electrons. The van der Waals surface area contributed by atoms with E-state index in [-0.39, 0.29) is 0 Å². The summed E-state index contributed by atoms with van der Waals surface area (Å²) in [6, 6.07) is 0. The minimum absolute atomic E-state index is 1.13. The molecule has 0 aliphatic heterocycles. The van der Waals surface area contributed by atoms with Gasteiger partial charge in [-0.25, -0.2) is 0 Å². The highest BCUT2D eigenvalue weighted by molar-refractivity contribution is 5.21. The number of hydrogen-bond donors (Lipinski definition) is 0. The second-order valence-electron chi connectivity index (χ2n) is 4.28. The van der Waals surface area contributed by atoms with Crippen LogP contribution in [0.15, 0.2) is 36.5 Å². The molecule has 0 saturated heterocycles. The maximum Gasteiger partial charge on any atom is -0.0282 e. The van der Waals surface area contributed by atoms with Gasteiger partial charge in [-0.2, -0.15) is 0 Å². The molecule has 0 heteroatoms. The fraction of sp³-hybridized carbons (Fsp3) is 0.647. The monoisotopic (exact) mass is 236 g/mol. The van der Waals surface area contributed by atoms with E-state index in [9.17, 15) is 0 Å². The predicted molar refractivity (Wildman–Crippen MR) is 82.4 cm³/mol. The average molecular weight is 236 g/mol. The normalized spacial score (nSPS) is 11.2. The van der Waals surface area contributed by atoms with E-state index in [0.717, 1.165) is 6.42 Å². The number of rotatable bonds is 8. The highest BCUT2D eigenvalue weighted by Gasteiger charge is 1.84. The molecule has 0 bridgehead atoms. The fourth-order valence-corrected chi connectivity index (χ4v) is 1.44. The molecular weight excluding hydrogens is 204 g/mol. The summed E-state index contributed by atoms with van der Waals surface area (Å²) in [5, 5.41) is 0. The molecule has 0 aliphatic rings. The van der Waals surface area contributed by atoms with Crippen LogP contribution in [0, 0.1) is 0 Å². The van der Waals surface area contributed by atoms with Gasteiger partial charge in [0.05, 0.1) is 0 Å². The summed E-state index contributed by atoms with van der Waals surface area (Å²) < 4.78 is 0. The van der Waals surface area contributed by atoms with Crippen molar-refractivity contribution < 1.29 is 0 Å². The van der Waals surface area contributed by atoms with Crippen LogP contribution in [0.2, 0.25) is 0 Å². The summed E-state index contributed by atoms with van der Waals surface area (Å²) >= 11 is 0. The molecule has 0 atom stereocenters. The molecule has 17 heavy (non-hydrogen) atoms. The molecule has 0 N–H and O–H groups in total. The van der Waals surface area contributed by atoms with Gasteiger partial charge in [-0.3, -0.25) is 0 Å². The van der Waals surface area contributed by atoms with Crippen LogP contribution < -0.4 is 0 Å². The fourth-order valence-electron chi connectivity index (χ4n) is 1.44. The van der Waals surface area contributed by atoms with Crippen molar-refractivity contribution in [2.24, 2.45) is 0 Å². The molecule has 0 nitrogen and oxygen atoms in total. The molecule has 0 fully saturated rings. The summed E-state index contributed by atoms with van der Waals surface area (Å²) in [7, 11) is 0. The molecule has 0 unspecified atom stereocenters. The number of unbranched alkanes of at least 4 members (excludes halogenated alkanes) is 4. The Hall–Kier alpha value is -0.780. The Morgan fingerprint density at radius 3 is 1.88 bits per heavy atom. The van der Waals surface area contributed by atoms with Crippen molar-refractivity contribution >= 4 is 0 Å². The molecule has 0 spiro atoms. The predicted octanol–water partition coefficient (Wildman–Crippen LogP) is 6.45. The van der Waals surface area contributed by atoms with Crippen LogP contribution in [0.1, 0.15) is 72.6 Å². The first kappa shape index (κ1) is 18.6.